The van der Waals surface area contributed by atoms with Gasteiger partial charge in [-0.25, -0.2) is 0 Å². The molecule has 32 heavy (non-hydrogen) atoms. The maximum Gasteiger partial charge on any atom is 0.254 e. The highest BCUT2D eigenvalue weighted by Gasteiger charge is 2.28. The van der Waals surface area contributed by atoms with Crippen LogP contribution in [0.15, 0.2) is 66.7 Å². The van der Waals surface area contributed by atoms with E-state index in [4.69, 9.17) is 9.47 Å². The molecule has 1 aliphatic rings. The number of methoxy groups -OCH3 is 1. The molecule has 1 fully saturated rings. The van der Waals surface area contributed by atoms with Gasteiger partial charge in [0.15, 0.2) is 0 Å². The highest BCUT2D eigenvalue weighted by Crippen LogP contribution is 2.21. The number of hydrogen-bond donors (Lipinski definition) is 0. The SMILES string of the molecule is COc1cccc(COC(C)C(=O)N2CCN(C(=O)c3cccc4ccccc34)CC2)c1. The van der Waals surface area contributed by atoms with Gasteiger partial charge < -0.3 is 19.3 Å². The van der Waals surface area contributed by atoms with E-state index >= 15 is 0 Å². The van der Waals surface area contributed by atoms with Crippen molar-refractivity contribution in [3.63, 3.8) is 0 Å². The van der Waals surface area contributed by atoms with Crippen molar-refractivity contribution >= 4 is 22.6 Å². The molecule has 1 unspecified atom stereocenters. The molecule has 3 aromatic carbocycles. The van der Waals surface area contributed by atoms with Crippen molar-refractivity contribution in [1.29, 1.82) is 0 Å². The number of hydrogen-bond acceptors (Lipinski definition) is 4. The number of amides is 2. The first-order valence-corrected chi connectivity index (χ1v) is 10.9. The second-order valence-electron chi connectivity index (χ2n) is 7.95. The quantitative estimate of drug-likeness (QED) is 0.596. The second-order valence-corrected chi connectivity index (χ2v) is 7.95. The fourth-order valence-electron chi connectivity index (χ4n) is 4.02. The van der Waals surface area contributed by atoms with E-state index in [2.05, 4.69) is 0 Å². The van der Waals surface area contributed by atoms with Gasteiger partial charge in [0.25, 0.3) is 11.8 Å². The molecule has 0 radical (unpaired) electrons. The van der Waals surface area contributed by atoms with Gasteiger partial charge in [0, 0.05) is 31.7 Å². The van der Waals surface area contributed by atoms with Gasteiger partial charge in [0.2, 0.25) is 0 Å². The van der Waals surface area contributed by atoms with Crippen LogP contribution in [0.1, 0.15) is 22.8 Å². The molecular weight excluding hydrogens is 404 g/mol. The van der Waals surface area contributed by atoms with Gasteiger partial charge in [-0.15, -0.1) is 0 Å². The largest absolute Gasteiger partial charge is 0.497 e. The first-order valence-electron chi connectivity index (χ1n) is 10.9. The number of fused-ring (bicyclic) bond motifs is 1. The third-order valence-corrected chi connectivity index (χ3v) is 5.88. The van der Waals surface area contributed by atoms with Crippen LogP contribution in [0, 0.1) is 0 Å². The number of benzene rings is 3. The van der Waals surface area contributed by atoms with Gasteiger partial charge in [0.1, 0.15) is 11.9 Å². The standard InChI is InChI=1S/C26H28N2O4/c1-19(32-18-20-7-5-10-22(17-20)31-2)25(29)27-13-15-28(16-14-27)26(30)24-12-6-9-21-8-3-4-11-23(21)24/h3-12,17,19H,13-16,18H2,1-2H3. The molecular formula is C26H28N2O4. The fourth-order valence-corrected chi connectivity index (χ4v) is 4.02. The van der Waals surface area contributed by atoms with E-state index < -0.39 is 6.10 Å². The zero-order valence-electron chi connectivity index (χ0n) is 18.5. The summed E-state index contributed by atoms with van der Waals surface area (Å²) in [7, 11) is 1.62. The summed E-state index contributed by atoms with van der Waals surface area (Å²) in [5, 5.41) is 2.01. The summed E-state index contributed by atoms with van der Waals surface area (Å²) < 4.78 is 11.0. The molecule has 3 aromatic rings. The summed E-state index contributed by atoms with van der Waals surface area (Å²) in [6, 6.07) is 21.3. The van der Waals surface area contributed by atoms with Crippen molar-refractivity contribution in [2.45, 2.75) is 19.6 Å². The van der Waals surface area contributed by atoms with Crippen molar-refractivity contribution in [3.8, 4) is 5.75 Å². The Kier molecular flexibility index (Phi) is 6.71. The van der Waals surface area contributed by atoms with E-state index in [9.17, 15) is 9.59 Å². The molecule has 0 aromatic heterocycles. The van der Waals surface area contributed by atoms with E-state index in [1.165, 1.54) is 0 Å². The summed E-state index contributed by atoms with van der Waals surface area (Å²) in [4.78, 5) is 29.6. The van der Waals surface area contributed by atoms with Crippen LogP contribution in [0.3, 0.4) is 0 Å². The zero-order valence-corrected chi connectivity index (χ0v) is 18.5. The van der Waals surface area contributed by atoms with Crippen molar-refractivity contribution in [1.82, 2.24) is 9.80 Å². The molecule has 1 aliphatic heterocycles. The van der Waals surface area contributed by atoms with E-state index in [0.717, 1.165) is 22.1 Å². The van der Waals surface area contributed by atoms with E-state index in [1.54, 1.807) is 18.9 Å². The highest BCUT2D eigenvalue weighted by atomic mass is 16.5. The minimum atomic E-state index is -0.554. The summed E-state index contributed by atoms with van der Waals surface area (Å²) in [5.41, 5.74) is 1.66. The van der Waals surface area contributed by atoms with Crippen molar-refractivity contribution in [3.05, 3.63) is 77.9 Å². The Morgan fingerprint density at radius 1 is 0.906 bits per heavy atom. The van der Waals surface area contributed by atoms with Crippen molar-refractivity contribution < 1.29 is 19.1 Å². The first kappa shape index (κ1) is 21.8. The molecule has 0 saturated carbocycles. The molecule has 0 spiro atoms. The Hall–Kier alpha value is -3.38. The smallest absolute Gasteiger partial charge is 0.254 e. The molecule has 0 N–H and O–H groups in total. The molecule has 1 heterocycles. The van der Waals surface area contributed by atoms with Gasteiger partial charge >= 0.3 is 0 Å². The third kappa shape index (κ3) is 4.75. The van der Waals surface area contributed by atoms with Gasteiger partial charge in [-0.05, 0) is 41.5 Å². The molecule has 6 heteroatoms. The third-order valence-electron chi connectivity index (χ3n) is 5.88. The van der Waals surface area contributed by atoms with Crippen LogP contribution in [0.4, 0.5) is 0 Å². The van der Waals surface area contributed by atoms with Crippen LogP contribution in [0.5, 0.6) is 5.75 Å². The Morgan fingerprint density at radius 3 is 2.38 bits per heavy atom. The summed E-state index contributed by atoms with van der Waals surface area (Å²) in [6.45, 7) is 4.14. The number of rotatable bonds is 6. The minimum Gasteiger partial charge on any atom is -0.497 e. The van der Waals surface area contributed by atoms with Crippen LogP contribution in [-0.4, -0.2) is 61.0 Å². The minimum absolute atomic E-state index is 0.0104. The molecule has 1 saturated heterocycles. The number of piperazine rings is 1. The predicted octanol–water partition coefficient (Wildman–Crippen LogP) is 3.74. The lowest BCUT2D eigenvalue weighted by Gasteiger charge is -2.36. The van der Waals surface area contributed by atoms with Crippen molar-refractivity contribution in [2.75, 3.05) is 33.3 Å². The van der Waals surface area contributed by atoms with Crippen LogP contribution in [0.25, 0.3) is 10.8 Å². The molecule has 4 rings (SSSR count). The average Bonchev–Trinajstić information content (AvgIpc) is 2.86. The maximum atomic E-state index is 13.1. The van der Waals surface area contributed by atoms with Gasteiger partial charge in [-0.3, -0.25) is 9.59 Å². The van der Waals surface area contributed by atoms with Crippen LogP contribution in [0.2, 0.25) is 0 Å². The predicted molar refractivity (Wildman–Crippen MR) is 124 cm³/mol. The summed E-state index contributed by atoms with van der Waals surface area (Å²) in [6.07, 6.45) is -0.554. The van der Waals surface area contributed by atoms with Crippen LogP contribution in [-0.2, 0) is 16.1 Å². The fraction of sp³-hybridized carbons (Fsp3) is 0.308. The van der Waals surface area contributed by atoms with Gasteiger partial charge in [-0.1, -0.05) is 48.5 Å². The van der Waals surface area contributed by atoms with Gasteiger partial charge in [-0.2, -0.15) is 0 Å². The summed E-state index contributed by atoms with van der Waals surface area (Å²) >= 11 is 0. The monoisotopic (exact) mass is 432 g/mol. The second kappa shape index (κ2) is 9.83. The molecule has 0 bridgehead atoms. The summed E-state index contributed by atoms with van der Waals surface area (Å²) in [5.74, 6) is 0.721. The molecule has 0 aliphatic carbocycles. The lowest BCUT2D eigenvalue weighted by Crippen LogP contribution is -2.52. The van der Waals surface area contributed by atoms with E-state index in [0.29, 0.717) is 38.3 Å². The van der Waals surface area contributed by atoms with E-state index in [1.807, 2.05) is 71.6 Å². The molecule has 166 valence electrons. The lowest BCUT2D eigenvalue weighted by molar-refractivity contribution is -0.144. The Morgan fingerprint density at radius 2 is 1.59 bits per heavy atom. The number of carbonyl (C=O) groups is 2. The molecule has 6 nitrogen and oxygen atoms in total. The highest BCUT2D eigenvalue weighted by molar-refractivity contribution is 6.07. The van der Waals surface area contributed by atoms with E-state index in [-0.39, 0.29) is 11.8 Å². The van der Waals surface area contributed by atoms with Crippen molar-refractivity contribution in [2.24, 2.45) is 0 Å². The molecule has 2 amide bonds. The average molecular weight is 433 g/mol. The maximum absolute atomic E-state index is 13.1. The first-order chi connectivity index (χ1) is 15.6. The lowest BCUT2D eigenvalue weighted by atomic mass is 10.0. The van der Waals surface area contributed by atoms with Gasteiger partial charge in [0.05, 0.1) is 13.7 Å². The molecule has 1 atom stereocenters. The normalized spacial score (nSPS) is 14.9. The topological polar surface area (TPSA) is 59.1 Å². The number of nitrogens with zero attached hydrogens (tertiary/aromatic N) is 2. The van der Waals surface area contributed by atoms with Crippen LogP contribution < -0.4 is 4.74 Å². The zero-order chi connectivity index (χ0) is 22.5. The number of carbonyl (C=O) groups excluding carboxylic acids is 2. The Labute approximate surface area is 188 Å². The number of ether oxygens (including phenoxy) is 2. The Bertz CT molecular complexity index is 1100. The van der Waals surface area contributed by atoms with Crippen LogP contribution >= 0.6 is 0 Å². The Balaban J connectivity index is 1.32.